The van der Waals surface area contributed by atoms with Crippen molar-refractivity contribution < 1.29 is 13.2 Å². The van der Waals surface area contributed by atoms with Crippen LogP contribution in [0.5, 0.6) is 0 Å². The number of halogens is 1. The minimum atomic E-state index is -3.91. The maximum atomic E-state index is 12.3. The molecule has 0 atom stereocenters. The molecule has 176 valence electrons. The fourth-order valence-corrected chi connectivity index (χ4v) is 4.78. The molecule has 3 aromatic carbocycles. The number of urea groups is 1. The second-order valence-corrected chi connectivity index (χ2v) is 10.1. The molecule has 0 radical (unpaired) electrons. The molecule has 9 heteroatoms. The summed E-state index contributed by atoms with van der Waals surface area (Å²) in [5.74, 6) is 0.943. The fraction of sp³-hybridized carbons (Fsp3) is 0.200. The maximum Gasteiger partial charge on any atom is 0.328 e. The number of hydrogen-bond donors (Lipinski definition) is 2. The largest absolute Gasteiger partial charge is 0.337 e. The van der Waals surface area contributed by atoms with Gasteiger partial charge in [0, 0.05) is 23.7 Å². The van der Waals surface area contributed by atoms with Gasteiger partial charge in [-0.15, -0.1) is 0 Å². The number of nitrogens with zero attached hydrogens (tertiary/aromatic N) is 2. The van der Waals surface area contributed by atoms with Crippen molar-refractivity contribution in [2.24, 2.45) is 0 Å². The smallest absolute Gasteiger partial charge is 0.328 e. The van der Waals surface area contributed by atoms with Gasteiger partial charge in [0.15, 0.2) is 0 Å². The van der Waals surface area contributed by atoms with Crippen LogP contribution < -0.4 is 10.0 Å². The lowest BCUT2D eigenvalue weighted by atomic mass is 10.1. The SMILES string of the molecule is CCc1nc2ccc(Cl)cc2n1-c1ccc(CCNC(=O)NS(=O)(=O)c2ccc(C)cc2)cc1. The highest BCUT2D eigenvalue weighted by molar-refractivity contribution is 7.90. The number of amides is 2. The first-order valence-electron chi connectivity index (χ1n) is 10.9. The van der Waals surface area contributed by atoms with Crippen LogP contribution >= 0.6 is 11.6 Å². The molecule has 4 aromatic rings. The first kappa shape index (κ1) is 23.8. The lowest BCUT2D eigenvalue weighted by Crippen LogP contribution is -2.40. The molecule has 0 saturated carbocycles. The topological polar surface area (TPSA) is 93.1 Å². The Morgan fingerprint density at radius 1 is 1.03 bits per heavy atom. The number of aryl methyl sites for hydroxylation is 2. The van der Waals surface area contributed by atoms with Gasteiger partial charge in [-0.05, 0) is 61.4 Å². The molecule has 0 fully saturated rings. The van der Waals surface area contributed by atoms with Crippen LogP contribution in [0, 0.1) is 6.92 Å². The van der Waals surface area contributed by atoms with Crippen molar-refractivity contribution in [2.45, 2.75) is 31.6 Å². The van der Waals surface area contributed by atoms with E-state index in [-0.39, 0.29) is 4.90 Å². The van der Waals surface area contributed by atoms with Crippen molar-refractivity contribution in [3.05, 3.63) is 88.7 Å². The number of benzene rings is 3. The normalized spacial score (nSPS) is 11.5. The third-order valence-electron chi connectivity index (χ3n) is 5.45. The van der Waals surface area contributed by atoms with Crippen molar-refractivity contribution in [3.8, 4) is 5.69 Å². The van der Waals surface area contributed by atoms with Crippen LogP contribution in [0.1, 0.15) is 23.9 Å². The third-order valence-corrected chi connectivity index (χ3v) is 7.04. The number of imidazole rings is 1. The van der Waals surface area contributed by atoms with E-state index >= 15 is 0 Å². The van der Waals surface area contributed by atoms with Gasteiger partial charge >= 0.3 is 6.03 Å². The summed E-state index contributed by atoms with van der Waals surface area (Å²) in [6, 6.07) is 19.1. The monoisotopic (exact) mass is 496 g/mol. The van der Waals surface area contributed by atoms with E-state index < -0.39 is 16.1 Å². The van der Waals surface area contributed by atoms with E-state index in [0.29, 0.717) is 18.0 Å². The van der Waals surface area contributed by atoms with Gasteiger partial charge in [-0.3, -0.25) is 4.57 Å². The van der Waals surface area contributed by atoms with Crippen molar-refractivity contribution in [2.75, 3.05) is 6.54 Å². The van der Waals surface area contributed by atoms with Crippen molar-refractivity contribution >= 4 is 38.7 Å². The molecular weight excluding hydrogens is 472 g/mol. The van der Waals surface area contributed by atoms with Crippen LogP contribution in [0.3, 0.4) is 0 Å². The molecule has 7 nitrogen and oxygen atoms in total. The maximum absolute atomic E-state index is 12.3. The zero-order chi connectivity index (χ0) is 24.3. The molecule has 34 heavy (non-hydrogen) atoms. The Kier molecular flexibility index (Phi) is 6.90. The quantitative estimate of drug-likeness (QED) is 0.385. The van der Waals surface area contributed by atoms with Gasteiger partial charge in [0.1, 0.15) is 5.82 Å². The van der Waals surface area contributed by atoms with E-state index in [9.17, 15) is 13.2 Å². The third kappa shape index (κ3) is 5.24. The van der Waals surface area contributed by atoms with Crippen molar-refractivity contribution in [1.29, 1.82) is 0 Å². The number of sulfonamides is 1. The summed E-state index contributed by atoms with van der Waals surface area (Å²) < 4.78 is 28.8. The number of nitrogens with one attached hydrogen (secondary N) is 2. The highest BCUT2D eigenvalue weighted by atomic mass is 35.5. The first-order chi connectivity index (χ1) is 16.3. The number of fused-ring (bicyclic) bond motifs is 1. The van der Waals surface area contributed by atoms with E-state index in [1.807, 2.05) is 54.1 Å². The van der Waals surface area contributed by atoms with Crippen LogP contribution in [0.4, 0.5) is 4.79 Å². The van der Waals surface area contributed by atoms with Crippen LogP contribution in [0.15, 0.2) is 71.6 Å². The van der Waals surface area contributed by atoms with E-state index in [1.165, 1.54) is 12.1 Å². The molecule has 1 aromatic heterocycles. The van der Waals surface area contributed by atoms with Crippen LogP contribution in [0.25, 0.3) is 16.7 Å². The molecule has 4 rings (SSSR count). The number of aromatic nitrogens is 2. The molecular formula is C25H25ClN4O3S. The van der Waals surface area contributed by atoms with Gasteiger partial charge in [0.25, 0.3) is 10.0 Å². The average Bonchev–Trinajstić information content (AvgIpc) is 3.17. The predicted octanol–water partition coefficient (Wildman–Crippen LogP) is 4.78. The minimum Gasteiger partial charge on any atom is -0.337 e. The summed E-state index contributed by atoms with van der Waals surface area (Å²) in [5.41, 5.74) is 4.75. The summed E-state index contributed by atoms with van der Waals surface area (Å²) in [7, 11) is -3.91. The summed E-state index contributed by atoms with van der Waals surface area (Å²) in [5, 5.41) is 3.25. The van der Waals surface area contributed by atoms with Gasteiger partial charge in [-0.25, -0.2) is 22.9 Å². The van der Waals surface area contributed by atoms with E-state index in [2.05, 4.69) is 16.8 Å². The average molecular weight is 497 g/mol. The van der Waals surface area contributed by atoms with Crippen LogP contribution in [0.2, 0.25) is 5.02 Å². The van der Waals surface area contributed by atoms with Gasteiger partial charge in [0.05, 0.1) is 15.9 Å². The number of carbonyl (C=O) groups excluding carboxylic acids is 1. The highest BCUT2D eigenvalue weighted by Crippen LogP contribution is 2.25. The Labute approximate surface area is 203 Å². The van der Waals surface area contributed by atoms with Gasteiger partial charge < -0.3 is 5.32 Å². The van der Waals surface area contributed by atoms with E-state index in [1.54, 1.807) is 12.1 Å². The Balaban J connectivity index is 1.38. The zero-order valence-electron chi connectivity index (χ0n) is 18.9. The fourth-order valence-electron chi connectivity index (χ4n) is 3.69. The van der Waals surface area contributed by atoms with Gasteiger partial charge in [0.2, 0.25) is 0 Å². The number of hydrogen-bond acceptors (Lipinski definition) is 4. The molecule has 0 aliphatic heterocycles. The number of carbonyl (C=O) groups is 1. The molecule has 1 heterocycles. The Morgan fingerprint density at radius 2 is 1.74 bits per heavy atom. The van der Waals surface area contributed by atoms with Crippen molar-refractivity contribution in [1.82, 2.24) is 19.6 Å². The summed E-state index contributed by atoms with van der Waals surface area (Å²) in [6.45, 7) is 4.21. The van der Waals surface area contributed by atoms with Gasteiger partial charge in [-0.1, -0.05) is 48.4 Å². The Hall–Kier alpha value is -3.36. The Morgan fingerprint density at radius 3 is 2.41 bits per heavy atom. The summed E-state index contributed by atoms with van der Waals surface area (Å²) in [6.07, 6.45) is 1.33. The molecule has 0 bridgehead atoms. The molecule has 0 spiro atoms. The summed E-state index contributed by atoms with van der Waals surface area (Å²) in [4.78, 5) is 16.8. The molecule has 2 N–H and O–H groups in total. The predicted molar refractivity (Wildman–Crippen MR) is 134 cm³/mol. The standard InChI is InChI=1S/C25H25ClN4O3S/c1-3-24-28-22-13-8-19(26)16-23(22)30(24)20-9-6-18(7-10-20)14-15-27-25(31)29-34(32,33)21-11-4-17(2)5-12-21/h4-13,16H,3,14-15H2,1-2H3,(H2,27,29,31). The Bertz CT molecular complexity index is 1430. The summed E-state index contributed by atoms with van der Waals surface area (Å²) >= 11 is 6.20. The molecule has 0 aliphatic carbocycles. The highest BCUT2D eigenvalue weighted by Gasteiger charge is 2.17. The minimum absolute atomic E-state index is 0.0450. The lowest BCUT2D eigenvalue weighted by molar-refractivity contribution is 0.246. The zero-order valence-corrected chi connectivity index (χ0v) is 20.4. The first-order valence-corrected chi connectivity index (χ1v) is 12.8. The lowest BCUT2D eigenvalue weighted by Gasteiger charge is -2.11. The van der Waals surface area contributed by atoms with Crippen LogP contribution in [-0.4, -0.2) is 30.5 Å². The molecule has 0 aliphatic rings. The van der Waals surface area contributed by atoms with E-state index in [0.717, 1.165) is 40.1 Å². The van der Waals surface area contributed by atoms with Gasteiger partial charge in [-0.2, -0.15) is 0 Å². The molecule has 2 amide bonds. The molecule has 0 unspecified atom stereocenters. The van der Waals surface area contributed by atoms with Crippen LogP contribution in [-0.2, 0) is 22.9 Å². The second-order valence-electron chi connectivity index (χ2n) is 7.94. The van der Waals surface area contributed by atoms with E-state index in [4.69, 9.17) is 16.6 Å². The number of rotatable bonds is 7. The second kappa shape index (κ2) is 9.87. The van der Waals surface area contributed by atoms with Crippen molar-refractivity contribution in [3.63, 3.8) is 0 Å². The molecule has 0 saturated heterocycles.